The summed E-state index contributed by atoms with van der Waals surface area (Å²) in [7, 11) is 0. The highest BCUT2D eigenvalue weighted by molar-refractivity contribution is 5.94. The van der Waals surface area contributed by atoms with Gasteiger partial charge in [0.25, 0.3) is 5.91 Å². The molecule has 0 radical (unpaired) electrons. The number of ether oxygens (including phenoxy) is 2. The highest BCUT2D eigenvalue weighted by atomic mass is 19.1. The van der Waals surface area contributed by atoms with Crippen molar-refractivity contribution in [2.75, 3.05) is 19.9 Å². The number of halogens is 1. The molecular formula is C23H25FN2O4. The Morgan fingerprint density at radius 3 is 2.63 bits per heavy atom. The van der Waals surface area contributed by atoms with Crippen molar-refractivity contribution < 1.29 is 23.5 Å². The van der Waals surface area contributed by atoms with Crippen LogP contribution in [-0.2, 0) is 11.2 Å². The second-order valence-corrected chi connectivity index (χ2v) is 7.65. The first-order valence-corrected chi connectivity index (χ1v) is 10.3. The molecule has 0 bridgehead atoms. The van der Waals surface area contributed by atoms with Gasteiger partial charge in [-0.05, 0) is 55.5 Å². The Bertz CT molecular complexity index is 925. The molecule has 2 aliphatic heterocycles. The van der Waals surface area contributed by atoms with E-state index in [2.05, 4.69) is 5.32 Å². The van der Waals surface area contributed by atoms with E-state index in [1.54, 1.807) is 12.1 Å². The molecule has 2 aromatic rings. The van der Waals surface area contributed by atoms with E-state index in [-0.39, 0.29) is 24.3 Å². The Hall–Kier alpha value is -3.09. The Kier molecular flexibility index (Phi) is 6.16. The van der Waals surface area contributed by atoms with Gasteiger partial charge in [-0.3, -0.25) is 9.59 Å². The molecule has 2 aliphatic rings. The summed E-state index contributed by atoms with van der Waals surface area (Å²) in [6, 6.07) is 11.8. The van der Waals surface area contributed by atoms with Gasteiger partial charge >= 0.3 is 0 Å². The molecule has 0 aliphatic carbocycles. The van der Waals surface area contributed by atoms with Crippen molar-refractivity contribution in [3.63, 3.8) is 0 Å². The molecule has 7 heteroatoms. The average molecular weight is 412 g/mol. The fourth-order valence-electron chi connectivity index (χ4n) is 3.88. The first kappa shape index (κ1) is 20.2. The molecule has 0 spiro atoms. The van der Waals surface area contributed by atoms with E-state index < -0.39 is 11.7 Å². The van der Waals surface area contributed by atoms with Crippen LogP contribution < -0.4 is 14.8 Å². The fraction of sp³-hybridized carbons (Fsp3) is 0.391. The molecule has 158 valence electrons. The molecule has 4 rings (SSSR count). The quantitative estimate of drug-likeness (QED) is 0.791. The molecule has 1 saturated heterocycles. The van der Waals surface area contributed by atoms with Crippen molar-refractivity contribution in [2.45, 2.75) is 38.1 Å². The lowest BCUT2D eigenvalue weighted by atomic mass is 10.0. The van der Waals surface area contributed by atoms with Gasteiger partial charge in [-0.2, -0.15) is 0 Å². The van der Waals surface area contributed by atoms with Crippen molar-refractivity contribution in [2.24, 2.45) is 0 Å². The Morgan fingerprint density at radius 1 is 1.07 bits per heavy atom. The molecule has 2 heterocycles. The highest BCUT2D eigenvalue weighted by Crippen LogP contribution is 2.32. The third-order valence-corrected chi connectivity index (χ3v) is 5.59. The molecule has 0 saturated carbocycles. The Balaban J connectivity index is 1.19. The van der Waals surface area contributed by atoms with Gasteiger partial charge in [0.2, 0.25) is 12.7 Å². The number of rotatable bonds is 6. The van der Waals surface area contributed by atoms with Crippen LogP contribution in [0.1, 0.15) is 41.6 Å². The monoisotopic (exact) mass is 412 g/mol. The van der Waals surface area contributed by atoms with Crippen LogP contribution in [0.5, 0.6) is 11.5 Å². The summed E-state index contributed by atoms with van der Waals surface area (Å²) in [6.07, 6.45) is 3.41. The first-order chi connectivity index (χ1) is 14.6. The normalized spacial score (nSPS) is 15.8. The molecule has 1 fully saturated rings. The predicted molar refractivity (Wildman–Crippen MR) is 109 cm³/mol. The molecule has 2 aromatic carbocycles. The van der Waals surface area contributed by atoms with E-state index in [1.807, 2.05) is 23.1 Å². The SMILES string of the molecule is O=C(NC1CCN(C(=O)CCCc2ccc3c(c2)OCO3)CC1)c1ccccc1F. The summed E-state index contributed by atoms with van der Waals surface area (Å²) in [5, 5.41) is 2.88. The van der Waals surface area contributed by atoms with Crippen molar-refractivity contribution in [1.29, 1.82) is 0 Å². The van der Waals surface area contributed by atoms with Gasteiger partial charge in [-0.1, -0.05) is 18.2 Å². The van der Waals surface area contributed by atoms with E-state index in [0.29, 0.717) is 32.4 Å². The maximum Gasteiger partial charge on any atom is 0.254 e. The summed E-state index contributed by atoms with van der Waals surface area (Å²) >= 11 is 0. The smallest absolute Gasteiger partial charge is 0.254 e. The number of amides is 2. The number of likely N-dealkylation sites (tertiary alicyclic amines) is 1. The molecule has 0 unspecified atom stereocenters. The van der Waals surface area contributed by atoms with E-state index >= 15 is 0 Å². The van der Waals surface area contributed by atoms with Crippen LogP contribution in [-0.4, -0.2) is 42.6 Å². The minimum absolute atomic E-state index is 0.0465. The number of nitrogens with zero attached hydrogens (tertiary/aromatic N) is 1. The second-order valence-electron chi connectivity index (χ2n) is 7.65. The number of carbonyl (C=O) groups excluding carboxylic acids is 2. The van der Waals surface area contributed by atoms with Crippen molar-refractivity contribution in [1.82, 2.24) is 10.2 Å². The third kappa shape index (κ3) is 4.72. The van der Waals surface area contributed by atoms with Crippen LogP contribution in [0.3, 0.4) is 0 Å². The second kappa shape index (κ2) is 9.15. The topological polar surface area (TPSA) is 67.9 Å². The fourth-order valence-corrected chi connectivity index (χ4v) is 3.88. The van der Waals surface area contributed by atoms with Crippen molar-refractivity contribution in [3.05, 3.63) is 59.4 Å². The zero-order valence-electron chi connectivity index (χ0n) is 16.7. The molecule has 6 nitrogen and oxygen atoms in total. The van der Waals surface area contributed by atoms with E-state index in [1.165, 1.54) is 12.1 Å². The summed E-state index contributed by atoms with van der Waals surface area (Å²) in [4.78, 5) is 26.6. The van der Waals surface area contributed by atoms with Crippen LogP contribution in [0.15, 0.2) is 42.5 Å². The maximum atomic E-state index is 13.7. The number of carbonyl (C=O) groups is 2. The first-order valence-electron chi connectivity index (χ1n) is 10.3. The molecule has 1 N–H and O–H groups in total. The minimum atomic E-state index is -0.523. The van der Waals surface area contributed by atoms with Gasteiger partial charge in [-0.15, -0.1) is 0 Å². The Labute approximate surface area is 175 Å². The summed E-state index contributed by atoms with van der Waals surface area (Å²) in [5.41, 5.74) is 1.18. The number of aryl methyl sites for hydroxylation is 1. The van der Waals surface area contributed by atoms with Gasteiger partial charge in [0.15, 0.2) is 11.5 Å². The standard InChI is InChI=1S/C23H25FN2O4/c24-19-6-2-1-5-18(19)23(28)25-17-10-12-26(13-11-17)22(27)7-3-4-16-8-9-20-21(14-16)30-15-29-20/h1-2,5-6,8-9,14,17H,3-4,7,10-13,15H2,(H,25,28). The maximum absolute atomic E-state index is 13.7. The lowest BCUT2D eigenvalue weighted by molar-refractivity contribution is -0.132. The lowest BCUT2D eigenvalue weighted by Gasteiger charge is -2.32. The predicted octanol–water partition coefficient (Wildman–Crippen LogP) is 3.30. The van der Waals surface area contributed by atoms with Gasteiger partial charge in [0, 0.05) is 25.6 Å². The molecule has 2 amide bonds. The van der Waals surface area contributed by atoms with Crippen molar-refractivity contribution in [3.8, 4) is 11.5 Å². The van der Waals surface area contributed by atoms with Crippen LogP contribution in [0.2, 0.25) is 0 Å². The summed E-state index contributed by atoms with van der Waals surface area (Å²) in [6.45, 7) is 1.46. The zero-order valence-corrected chi connectivity index (χ0v) is 16.7. The zero-order chi connectivity index (χ0) is 20.9. The average Bonchev–Trinajstić information content (AvgIpc) is 3.22. The van der Waals surface area contributed by atoms with Crippen LogP contribution >= 0.6 is 0 Å². The number of nitrogens with one attached hydrogen (secondary N) is 1. The number of hydrogen-bond donors (Lipinski definition) is 1. The van der Waals surface area contributed by atoms with Crippen LogP contribution in [0.25, 0.3) is 0 Å². The number of hydrogen-bond acceptors (Lipinski definition) is 4. The highest BCUT2D eigenvalue weighted by Gasteiger charge is 2.24. The van der Waals surface area contributed by atoms with Gasteiger partial charge in [0.1, 0.15) is 5.82 Å². The summed E-state index contributed by atoms with van der Waals surface area (Å²) in [5.74, 6) is 0.736. The molecule has 0 atom stereocenters. The van der Waals surface area contributed by atoms with E-state index in [4.69, 9.17) is 9.47 Å². The number of fused-ring (bicyclic) bond motifs is 1. The van der Waals surface area contributed by atoms with Gasteiger partial charge < -0.3 is 19.7 Å². The number of benzene rings is 2. The van der Waals surface area contributed by atoms with Crippen molar-refractivity contribution >= 4 is 11.8 Å². The minimum Gasteiger partial charge on any atom is -0.454 e. The third-order valence-electron chi connectivity index (χ3n) is 5.59. The van der Waals surface area contributed by atoms with Crippen LogP contribution in [0, 0.1) is 5.82 Å². The van der Waals surface area contributed by atoms with Gasteiger partial charge in [-0.25, -0.2) is 4.39 Å². The molecule has 0 aromatic heterocycles. The largest absolute Gasteiger partial charge is 0.454 e. The molecule has 30 heavy (non-hydrogen) atoms. The van der Waals surface area contributed by atoms with E-state index in [0.717, 1.165) is 29.9 Å². The summed E-state index contributed by atoms with van der Waals surface area (Å²) < 4.78 is 24.4. The lowest BCUT2D eigenvalue weighted by Crippen LogP contribution is -2.46. The van der Waals surface area contributed by atoms with E-state index in [9.17, 15) is 14.0 Å². The van der Waals surface area contributed by atoms with Gasteiger partial charge in [0.05, 0.1) is 5.56 Å². The molecular weight excluding hydrogens is 387 g/mol. The van der Waals surface area contributed by atoms with Crippen LogP contribution in [0.4, 0.5) is 4.39 Å². The Morgan fingerprint density at radius 2 is 1.83 bits per heavy atom. The number of piperidine rings is 1.